The van der Waals surface area contributed by atoms with Gasteiger partial charge in [0.2, 0.25) is 0 Å². The summed E-state index contributed by atoms with van der Waals surface area (Å²) < 4.78 is 6.36. The Labute approximate surface area is 206 Å². The van der Waals surface area contributed by atoms with Crippen LogP contribution in [-0.4, -0.2) is 65.5 Å². The van der Waals surface area contributed by atoms with Crippen LogP contribution in [0.1, 0.15) is 31.9 Å². The van der Waals surface area contributed by atoms with Crippen LogP contribution in [0, 0.1) is 0 Å². The van der Waals surface area contributed by atoms with Gasteiger partial charge in [0, 0.05) is 46.8 Å². The summed E-state index contributed by atoms with van der Waals surface area (Å²) in [6.45, 7) is 7.43. The number of amides is 2. The Morgan fingerprint density at radius 3 is 2.48 bits per heavy atom. The Hall–Kier alpha value is -2.42. The number of aliphatic imine (C=N–C) groups is 1. The highest BCUT2D eigenvalue weighted by Crippen LogP contribution is 2.30. The molecule has 2 aliphatic rings. The van der Waals surface area contributed by atoms with E-state index in [9.17, 15) is 9.59 Å². The number of carbonyl (C=O) groups excluding carboxylic acids is 2. The molecule has 0 spiro atoms. The third kappa shape index (κ3) is 5.39. The molecule has 2 aromatic carbocycles. The normalized spacial score (nSPS) is 19.3. The van der Waals surface area contributed by atoms with E-state index >= 15 is 0 Å². The lowest BCUT2D eigenvalue weighted by Gasteiger charge is -2.37. The zero-order valence-electron chi connectivity index (χ0n) is 18.8. The van der Waals surface area contributed by atoms with Crippen LogP contribution >= 0.6 is 27.5 Å². The van der Waals surface area contributed by atoms with E-state index in [1.54, 1.807) is 4.90 Å². The summed E-state index contributed by atoms with van der Waals surface area (Å²) in [5.41, 5.74) is 2.32. The molecular weight excluding hydrogens is 508 g/mol. The van der Waals surface area contributed by atoms with Crippen LogP contribution in [0.3, 0.4) is 0 Å². The summed E-state index contributed by atoms with van der Waals surface area (Å²) in [6, 6.07) is 13.1. The Morgan fingerprint density at radius 2 is 1.82 bits per heavy atom. The molecule has 174 valence electrons. The molecule has 2 aliphatic heterocycles. The molecule has 0 aliphatic carbocycles. The summed E-state index contributed by atoms with van der Waals surface area (Å²) in [5, 5.41) is 3.58. The quantitative estimate of drug-likeness (QED) is 0.603. The first-order valence-corrected chi connectivity index (χ1v) is 11.9. The zero-order chi connectivity index (χ0) is 23.8. The number of nitrogens with one attached hydrogen (secondary N) is 1. The molecule has 1 atom stereocenters. The number of fused-ring (bicyclic) bond motifs is 1. The summed E-state index contributed by atoms with van der Waals surface area (Å²) in [5.74, 6) is -0.216. The number of ether oxygens (including phenoxy) is 1. The molecule has 9 heteroatoms. The van der Waals surface area contributed by atoms with Crippen LogP contribution < -0.4 is 5.32 Å². The summed E-state index contributed by atoms with van der Waals surface area (Å²) in [6.07, 6.45) is -1.09. The number of hydrogen-bond donors (Lipinski definition) is 1. The fourth-order valence-corrected chi connectivity index (χ4v) is 4.45. The largest absolute Gasteiger partial charge is 0.444 e. The smallest absolute Gasteiger partial charge is 0.410 e. The van der Waals surface area contributed by atoms with E-state index in [0.29, 0.717) is 42.6 Å². The average Bonchev–Trinajstić information content (AvgIpc) is 2.89. The lowest BCUT2D eigenvalue weighted by atomic mass is 10.0. The van der Waals surface area contributed by atoms with Gasteiger partial charge in [-0.05, 0) is 45.0 Å². The van der Waals surface area contributed by atoms with Crippen molar-refractivity contribution in [2.45, 2.75) is 32.5 Å². The molecule has 1 N–H and O–H groups in total. The fourth-order valence-electron chi connectivity index (χ4n) is 3.86. The number of benzene rings is 2. The lowest BCUT2D eigenvalue weighted by molar-refractivity contribution is -0.121. The average molecular weight is 534 g/mol. The van der Waals surface area contributed by atoms with Gasteiger partial charge in [-0.15, -0.1) is 0 Å². The molecule has 1 unspecified atom stereocenters. The number of carbonyl (C=O) groups is 2. The summed E-state index contributed by atoms with van der Waals surface area (Å²) in [4.78, 5) is 34.2. The van der Waals surface area contributed by atoms with Crippen molar-refractivity contribution < 1.29 is 14.3 Å². The minimum atomic E-state index is -0.747. The highest BCUT2D eigenvalue weighted by molar-refractivity contribution is 9.10. The molecule has 7 nitrogen and oxygen atoms in total. The van der Waals surface area contributed by atoms with Crippen molar-refractivity contribution in [3.05, 3.63) is 63.1 Å². The van der Waals surface area contributed by atoms with Crippen molar-refractivity contribution in [1.29, 1.82) is 0 Å². The van der Waals surface area contributed by atoms with Crippen molar-refractivity contribution in [2.24, 2.45) is 4.99 Å². The van der Waals surface area contributed by atoms with Crippen molar-refractivity contribution in [1.82, 2.24) is 9.80 Å². The molecule has 33 heavy (non-hydrogen) atoms. The minimum absolute atomic E-state index is 0.216. The third-order valence-corrected chi connectivity index (χ3v) is 6.24. The van der Waals surface area contributed by atoms with Gasteiger partial charge in [-0.1, -0.05) is 45.7 Å². The maximum absolute atomic E-state index is 13.2. The topological polar surface area (TPSA) is 74.2 Å². The van der Waals surface area contributed by atoms with Crippen LogP contribution in [0.4, 0.5) is 10.5 Å². The van der Waals surface area contributed by atoms with Crippen molar-refractivity contribution >= 4 is 50.9 Å². The molecular formula is C24H26BrClN4O3. The molecule has 2 heterocycles. The number of benzodiazepines with no additional fused rings is 1. The van der Waals surface area contributed by atoms with Gasteiger partial charge in [0.05, 0.1) is 11.4 Å². The molecule has 1 saturated heterocycles. The fraction of sp³-hybridized carbons (Fsp3) is 0.375. The second-order valence-corrected chi connectivity index (χ2v) is 10.3. The Balaban J connectivity index is 1.64. The van der Waals surface area contributed by atoms with E-state index in [2.05, 4.69) is 21.2 Å². The van der Waals surface area contributed by atoms with Gasteiger partial charge in [0.1, 0.15) is 5.60 Å². The molecule has 2 amide bonds. The zero-order valence-corrected chi connectivity index (χ0v) is 21.1. The van der Waals surface area contributed by atoms with Gasteiger partial charge in [0.15, 0.2) is 6.17 Å². The first kappa shape index (κ1) is 23.7. The Bertz CT molecular complexity index is 1110. The molecule has 0 saturated carbocycles. The Morgan fingerprint density at radius 1 is 1.12 bits per heavy atom. The van der Waals surface area contributed by atoms with Crippen LogP contribution in [0.2, 0.25) is 5.02 Å². The van der Waals surface area contributed by atoms with Gasteiger partial charge in [-0.2, -0.15) is 0 Å². The van der Waals surface area contributed by atoms with Crippen LogP contribution in [0.15, 0.2) is 51.9 Å². The second kappa shape index (κ2) is 9.44. The highest BCUT2D eigenvalue weighted by Gasteiger charge is 2.34. The maximum Gasteiger partial charge on any atom is 0.410 e. The van der Waals surface area contributed by atoms with Crippen molar-refractivity contribution in [3.63, 3.8) is 0 Å². The number of rotatable bonds is 2. The number of nitrogens with zero attached hydrogens (tertiary/aromatic N) is 3. The molecule has 0 radical (unpaired) electrons. The number of hydrogen-bond acceptors (Lipinski definition) is 5. The van der Waals surface area contributed by atoms with Crippen LogP contribution in [0.25, 0.3) is 0 Å². The molecule has 1 fully saturated rings. The SMILES string of the molecule is CC(C)(C)OC(=O)N1CCN(C2N=C(c3ccccc3Cl)c3cc(Br)ccc3NC2=O)CC1. The van der Waals surface area contributed by atoms with Gasteiger partial charge in [-0.25, -0.2) is 4.79 Å². The standard InChI is InChI=1S/C24H26BrClN4O3/c1-24(2,3)33-23(32)30-12-10-29(11-13-30)21-22(31)27-19-9-8-15(25)14-17(19)20(28-21)16-6-4-5-7-18(16)26/h4-9,14,21H,10-13H2,1-3H3,(H,27,31). The van der Waals surface area contributed by atoms with E-state index in [4.69, 9.17) is 21.3 Å². The number of halogens is 2. The second-order valence-electron chi connectivity index (χ2n) is 9.01. The van der Waals surface area contributed by atoms with Gasteiger partial charge < -0.3 is 15.0 Å². The van der Waals surface area contributed by atoms with Crippen LogP contribution in [0.5, 0.6) is 0 Å². The van der Waals surface area contributed by atoms with E-state index in [-0.39, 0.29) is 12.0 Å². The highest BCUT2D eigenvalue weighted by atomic mass is 79.9. The van der Waals surface area contributed by atoms with Gasteiger partial charge in [0.25, 0.3) is 5.91 Å². The van der Waals surface area contributed by atoms with Crippen molar-refractivity contribution in [2.75, 3.05) is 31.5 Å². The lowest BCUT2D eigenvalue weighted by Crippen LogP contribution is -2.55. The monoisotopic (exact) mass is 532 g/mol. The first-order valence-electron chi connectivity index (χ1n) is 10.8. The third-order valence-electron chi connectivity index (χ3n) is 5.42. The van der Waals surface area contributed by atoms with E-state index in [1.165, 1.54) is 0 Å². The molecule has 0 aromatic heterocycles. The number of anilines is 1. The predicted octanol–water partition coefficient (Wildman–Crippen LogP) is 4.77. The maximum atomic E-state index is 13.2. The van der Waals surface area contributed by atoms with Gasteiger partial charge in [-0.3, -0.25) is 14.7 Å². The number of piperazine rings is 1. The van der Waals surface area contributed by atoms with Crippen molar-refractivity contribution in [3.8, 4) is 0 Å². The molecule has 2 aromatic rings. The van der Waals surface area contributed by atoms with Crippen LogP contribution in [-0.2, 0) is 9.53 Å². The minimum Gasteiger partial charge on any atom is -0.444 e. The van der Waals surface area contributed by atoms with E-state index in [1.807, 2.05) is 68.1 Å². The summed E-state index contributed by atoms with van der Waals surface area (Å²) >= 11 is 10.0. The van der Waals surface area contributed by atoms with Gasteiger partial charge >= 0.3 is 6.09 Å². The summed E-state index contributed by atoms with van der Waals surface area (Å²) in [7, 11) is 0. The Kier molecular flexibility index (Phi) is 6.79. The molecule has 4 rings (SSSR count). The van der Waals surface area contributed by atoms with E-state index < -0.39 is 11.8 Å². The first-order chi connectivity index (χ1) is 15.6. The molecule has 0 bridgehead atoms. The predicted molar refractivity (Wildman–Crippen MR) is 133 cm³/mol. The van der Waals surface area contributed by atoms with E-state index in [0.717, 1.165) is 15.6 Å².